The highest BCUT2D eigenvalue weighted by atomic mass is 16.1. The number of benzene rings is 1. The van der Waals surface area contributed by atoms with E-state index in [0.717, 1.165) is 17.4 Å². The van der Waals surface area contributed by atoms with Crippen molar-refractivity contribution in [1.82, 2.24) is 24.7 Å². The average Bonchev–Trinajstić information content (AvgIpc) is 2.74. The molecular weight excluding hydrogens is 368 g/mol. The van der Waals surface area contributed by atoms with Crippen LogP contribution in [0.4, 0.5) is 5.95 Å². The standard InChI is InChI=1S/C21H20N6O2/c1-14(27-20(29)17-5-3-2-4-16(17)13-24-27)18-12-19(28)26-21(25-18)23-11-8-15-6-9-22-10-7-15/h2-7,9-10,12-14H,8,11H2,1H3,(H2,23,25,26,28)/t14-/m0/s1. The van der Waals surface area contributed by atoms with Crippen LogP contribution in [0, 0.1) is 0 Å². The van der Waals surface area contributed by atoms with E-state index < -0.39 is 6.04 Å². The fourth-order valence-electron chi connectivity index (χ4n) is 3.15. The molecule has 8 heteroatoms. The van der Waals surface area contributed by atoms with Gasteiger partial charge < -0.3 is 5.32 Å². The molecule has 0 unspecified atom stereocenters. The molecule has 4 rings (SSSR count). The molecule has 4 aromatic rings. The highest BCUT2D eigenvalue weighted by Gasteiger charge is 2.15. The lowest BCUT2D eigenvalue weighted by atomic mass is 10.2. The summed E-state index contributed by atoms with van der Waals surface area (Å²) in [7, 11) is 0. The third-order valence-corrected chi connectivity index (χ3v) is 4.73. The van der Waals surface area contributed by atoms with Gasteiger partial charge in [-0.05, 0) is 37.1 Å². The summed E-state index contributed by atoms with van der Waals surface area (Å²) in [5, 5.41) is 8.75. The van der Waals surface area contributed by atoms with Crippen LogP contribution < -0.4 is 16.4 Å². The Morgan fingerprint density at radius 3 is 2.76 bits per heavy atom. The van der Waals surface area contributed by atoms with Crippen LogP contribution >= 0.6 is 0 Å². The summed E-state index contributed by atoms with van der Waals surface area (Å²) in [6, 6.07) is 12.1. The Morgan fingerprint density at radius 1 is 1.14 bits per heavy atom. The molecule has 0 aliphatic heterocycles. The largest absolute Gasteiger partial charge is 0.355 e. The van der Waals surface area contributed by atoms with Crippen LogP contribution in [0.5, 0.6) is 0 Å². The van der Waals surface area contributed by atoms with Gasteiger partial charge in [-0.2, -0.15) is 5.10 Å². The molecule has 0 radical (unpaired) electrons. The Hall–Kier alpha value is -3.81. The third kappa shape index (κ3) is 4.06. The minimum absolute atomic E-state index is 0.218. The van der Waals surface area contributed by atoms with Gasteiger partial charge in [0.15, 0.2) is 0 Å². The van der Waals surface area contributed by atoms with Gasteiger partial charge >= 0.3 is 0 Å². The molecule has 1 aromatic carbocycles. The summed E-state index contributed by atoms with van der Waals surface area (Å²) in [6.07, 6.45) is 5.89. The Labute approximate surface area is 166 Å². The molecule has 3 heterocycles. The van der Waals surface area contributed by atoms with Gasteiger partial charge in [-0.15, -0.1) is 0 Å². The zero-order valence-corrected chi connectivity index (χ0v) is 15.9. The SMILES string of the molecule is C[C@@H](c1cc(=O)[nH]c(NCCc2ccncc2)n1)n1ncc2ccccc2c1=O. The van der Waals surface area contributed by atoms with Crippen molar-refractivity contribution >= 4 is 16.7 Å². The van der Waals surface area contributed by atoms with E-state index in [-0.39, 0.29) is 11.1 Å². The smallest absolute Gasteiger partial charge is 0.275 e. The van der Waals surface area contributed by atoms with Crippen molar-refractivity contribution in [2.24, 2.45) is 0 Å². The number of aromatic nitrogens is 5. The molecule has 146 valence electrons. The van der Waals surface area contributed by atoms with E-state index in [1.807, 2.05) is 30.3 Å². The number of aromatic amines is 1. The van der Waals surface area contributed by atoms with Crippen molar-refractivity contribution < 1.29 is 0 Å². The van der Waals surface area contributed by atoms with Crippen molar-refractivity contribution in [3.05, 3.63) is 93.0 Å². The van der Waals surface area contributed by atoms with Gasteiger partial charge in [0.05, 0.1) is 23.3 Å². The minimum atomic E-state index is -0.491. The van der Waals surface area contributed by atoms with Crippen molar-refractivity contribution in [1.29, 1.82) is 0 Å². The van der Waals surface area contributed by atoms with Crippen LogP contribution in [-0.4, -0.2) is 31.3 Å². The fraction of sp³-hybridized carbons (Fsp3) is 0.190. The van der Waals surface area contributed by atoms with Gasteiger partial charge in [-0.25, -0.2) is 9.67 Å². The fourth-order valence-corrected chi connectivity index (χ4v) is 3.15. The Morgan fingerprint density at radius 2 is 1.93 bits per heavy atom. The lowest BCUT2D eigenvalue weighted by Crippen LogP contribution is -2.28. The van der Waals surface area contributed by atoms with Crippen LogP contribution in [0.2, 0.25) is 0 Å². The first kappa shape index (κ1) is 18.5. The zero-order chi connectivity index (χ0) is 20.2. The van der Waals surface area contributed by atoms with Crippen LogP contribution in [0.25, 0.3) is 10.8 Å². The minimum Gasteiger partial charge on any atom is -0.355 e. The van der Waals surface area contributed by atoms with Crippen LogP contribution in [0.1, 0.15) is 24.2 Å². The summed E-state index contributed by atoms with van der Waals surface area (Å²) in [4.78, 5) is 36.1. The summed E-state index contributed by atoms with van der Waals surface area (Å²) in [5.41, 5.74) is 1.09. The highest BCUT2D eigenvalue weighted by molar-refractivity contribution is 5.80. The Balaban J connectivity index is 1.58. The maximum absolute atomic E-state index is 12.8. The van der Waals surface area contributed by atoms with Crippen LogP contribution in [0.3, 0.4) is 0 Å². The molecule has 1 atom stereocenters. The second-order valence-electron chi connectivity index (χ2n) is 6.71. The van der Waals surface area contributed by atoms with Crippen molar-refractivity contribution in [2.45, 2.75) is 19.4 Å². The van der Waals surface area contributed by atoms with E-state index >= 15 is 0 Å². The summed E-state index contributed by atoms with van der Waals surface area (Å²) >= 11 is 0. The molecule has 2 N–H and O–H groups in total. The van der Waals surface area contributed by atoms with E-state index in [1.165, 1.54) is 10.7 Å². The molecule has 0 fully saturated rings. The van der Waals surface area contributed by atoms with E-state index in [1.54, 1.807) is 31.6 Å². The number of H-pyrrole nitrogens is 1. The molecule has 8 nitrogen and oxygen atoms in total. The van der Waals surface area contributed by atoms with Gasteiger partial charge in [-0.3, -0.25) is 19.6 Å². The Kier molecular flexibility index (Phi) is 5.15. The van der Waals surface area contributed by atoms with E-state index in [0.29, 0.717) is 23.6 Å². The topological polar surface area (TPSA) is 106 Å². The maximum atomic E-state index is 12.8. The number of pyridine rings is 1. The first-order valence-electron chi connectivity index (χ1n) is 9.32. The van der Waals surface area contributed by atoms with E-state index in [9.17, 15) is 9.59 Å². The van der Waals surface area contributed by atoms with Crippen molar-refractivity contribution in [3.63, 3.8) is 0 Å². The van der Waals surface area contributed by atoms with E-state index in [4.69, 9.17) is 0 Å². The lowest BCUT2D eigenvalue weighted by molar-refractivity contribution is 0.524. The molecule has 0 aliphatic carbocycles. The number of hydrogen-bond acceptors (Lipinski definition) is 6. The number of nitrogens with zero attached hydrogens (tertiary/aromatic N) is 4. The summed E-state index contributed by atoms with van der Waals surface area (Å²) in [6.45, 7) is 2.39. The molecule has 3 aromatic heterocycles. The van der Waals surface area contributed by atoms with Gasteiger partial charge in [0, 0.05) is 30.4 Å². The molecule has 0 bridgehead atoms. The van der Waals surface area contributed by atoms with Crippen molar-refractivity contribution in [3.8, 4) is 0 Å². The number of anilines is 1. The number of hydrogen-bond donors (Lipinski definition) is 2. The van der Waals surface area contributed by atoms with Crippen molar-refractivity contribution in [2.75, 3.05) is 11.9 Å². The maximum Gasteiger partial charge on any atom is 0.275 e. The normalized spacial score (nSPS) is 12.0. The van der Waals surface area contributed by atoms with Gasteiger partial charge in [0.2, 0.25) is 5.95 Å². The quantitative estimate of drug-likeness (QED) is 0.524. The molecule has 0 amide bonds. The molecule has 0 spiro atoms. The number of rotatable bonds is 6. The lowest BCUT2D eigenvalue weighted by Gasteiger charge is -2.15. The van der Waals surface area contributed by atoms with Gasteiger partial charge in [-0.1, -0.05) is 18.2 Å². The summed E-state index contributed by atoms with van der Waals surface area (Å²) < 4.78 is 1.35. The summed E-state index contributed by atoms with van der Waals surface area (Å²) in [5.74, 6) is 0.363. The van der Waals surface area contributed by atoms with Gasteiger partial charge in [0.1, 0.15) is 0 Å². The molecule has 0 saturated carbocycles. The van der Waals surface area contributed by atoms with Crippen LogP contribution in [-0.2, 0) is 6.42 Å². The number of nitrogens with one attached hydrogen (secondary N) is 2. The van der Waals surface area contributed by atoms with Crippen LogP contribution in [0.15, 0.2) is 70.6 Å². The Bertz CT molecular complexity index is 1250. The highest BCUT2D eigenvalue weighted by Crippen LogP contribution is 2.14. The second-order valence-corrected chi connectivity index (χ2v) is 6.71. The monoisotopic (exact) mass is 388 g/mol. The second kappa shape index (κ2) is 8.05. The molecule has 29 heavy (non-hydrogen) atoms. The molecule has 0 saturated heterocycles. The van der Waals surface area contributed by atoms with E-state index in [2.05, 4.69) is 25.4 Å². The first-order valence-corrected chi connectivity index (χ1v) is 9.32. The molecular formula is C21H20N6O2. The average molecular weight is 388 g/mol. The van der Waals surface area contributed by atoms with Gasteiger partial charge in [0.25, 0.3) is 11.1 Å². The zero-order valence-electron chi connectivity index (χ0n) is 15.9. The predicted molar refractivity (Wildman–Crippen MR) is 111 cm³/mol. The molecule has 0 aliphatic rings. The third-order valence-electron chi connectivity index (χ3n) is 4.73. The first-order chi connectivity index (χ1) is 14.1. The predicted octanol–water partition coefficient (Wildman–Crippen LogP) is 2.14. The number of fused-ring (bicyclic) bond motifs is 1.